The van der Waals surface area contributed by atoms with Gasteiger partial charge in [0, 0.05) is 19.8 Å². The molecule has 2 aromatic heterocycles. The number of rotatable bonds is 9. The van der Waals surface area contributed by atoms with Gasteiger partial charge in [0.2, 0.25) is 11.9 Å². The van der Waals surface area contributed by atoms with Gasteiger partial charge in [-0.15, -0.1) is 5.53 Å². The first-order valence-corrected chi connectivity index (χ1v) is 12.1. The third kappa shape index (κ3) is 4.72. The lowest BCUT2D eigenvalue weighted by Crippen LogP contribution is -2.50. The molecule has 0 spiro atoms. The topological polar surface area (TPSA) is 116 Å². The monoisotopic (exact) mass is 482 g/mol. The average molecular weight is 483 g/mol. The standard InChI is InChI=1S/C24H31FN8O2/c1-4-33-17(11-12-26-33)23(34)29-20(19(14-5-6-14)15-7-8-15)24(35)28-18-10-9-16(22(25)27-18)21-13(2)30-31-32(21)3/h9-12,14-15,19-20,30-31H,4-8H2,1-3H3,(H,29,34)(H,27,28,35)/t20-/m0/s1. The molecule has 35 heavy (non-hydrogen) atoms. The molecule has 1 atom stereocenters. The molecule has 5 rings (SSSR count). The molecule has 0 radical (unpaired) electrons. The predicted molar refractivity (Wildman–Crippen MR) is 128 cm³/mol. The number of aromatic nitrogens is 3. The number of carbonyl (C=O) groups excluding carboxylic acids is 2. The van der Waals surface area contributed by atoms with Crippen LogP contribution in [0.3, 0.4) is 0 Å². The van der Waals surface area contributed by atoms with E-state index in [2.05, 4.69) is 31.7 Å². The van der Waals surface area contributed by atoms with Crippen LogP contribution >= 0.6 is 0 Å². The highest BCUT2D eigenvalue weighted by molar-refractivity contribution is 6.00. The number of pyridine rings is 1. The van der Waals surface area contributed by atoms with Gasteiger partial charge in [-0.2, -0.15) is 9.49 Å². The molecule has 0 aromatic carbocycles. The fourth-order valence-electron chi connectivity index (χ4n) is 5.02. The van der Waals surface area contributed by atoms with Crippen LogP contribution in [0.25, 0.3) is 5.70 Å². The van der Waals surface area contributed by atoms with Crippen molar-refractivity contribution in [2.24, 2.45) is 17.8 Å². The second-order valence-corrected chi connectivity index (χ2v) is 9.53. The Labute approximate surface area is 203 Å². The van der Waals surface area contributed by atoms with Crippen LogP contribution < -0.4 is 21.6 Å². The number of nitrogens with zero attached hydrogens (tertiary/aromatic N) is 4. The number of hydrogen-bond donors (Lipinski definition) is 4. The molecule has 3 aliphatic rings. The fraction of sp³-hybridized carbons (Fsp3) is 0.500. The van der Waals surface area contributed by atoms with Crippen LogP contribution in [-0.4, -0.2) is 44.7 Å². The smallest absolute Gasteiger partial charge is 0.270 e. The first-order valence-electron chi connectivity index (χ1n) is 12.1. The van der Waals surface area contributed by atoms with Crippen LogP contribution in [0.5, 0.6) is 0 Å². The number of allylic oxidation sites excluding steroid dienone is 1. The summed E-state index contributed by atoms with van der Waals surface area (Å²) in [7, 11) is 1.77. The van der Waals surface area contributed by atoms with Crippen molar-refractivity contribution in [1.82, 2.24) is 36.1 Å². The maximum absolute atomic E-state index is 15.0. The first kappa shape index (κ1) is 23.3. The van der Waals surface area contributed by atoms with E-state index in [4.69, 9.17) is 0 Å². The quantitative estimate of drug-likeness (QED) is 0.405. The van der Waals surface area contributed by atoms with Crippen molar-refractivity contribution in [1.29, 1.82) is 0 Å². The number of hydrogen-bond acceptors (Lipinski definition) is 7. The fourth-order valence-corrected chi connectivity index (χ4v) is 5.02. The average Bonchev–Trinajstić information content (AvgIpc) is 3.76. The summed E-state index contributed by atoms with van der Waals surface area (Å²) in [5.41, 5.74) is 7.94. The van der Waals surface area contributed by atoms with E-state index in [1.165, 1.54) is 0 Å². The number of hydrazine groups is 2. The highest BCUT2D eigenvalue weighted by Crippen LogP contribution is 2.50. The van der Waals surface area contributed by atoms with Gasteiger partial charge in [-0.1, -0.05) is 0 Å². The lowest BCUT2D eigenvalue weighted by molar-refractivity contribution is -0.119. The van der Waals surface area contributed by atoms with Crippen molar-refractivity contribution in [2.75, 3.05) is 12.4 Å². The van der Waals surface area contributed by atoms with Gasteiger partial charge in [0.15, 0.2) is 0 Å². The van der Waals surface area contributed by atoms with Crippen LogP contribution in [-0.2, 0) is 11.3 Å². The Bertz CT molecular complexity index is 1160. The molecule has 1 aliphatic heterocycles. The van der Waals surface area contributed by atoms with Crippen LogP contribution in [0.15, 0.2) is 30.1 Å². The maximum atomic E-state index is 15.0. The zero-order valence-electron chi connectivity index (χ0n) is 20.1. The van der Waals surface area contributed by atoms with Crippen molar-refractivity contribution >= 4 is 23.3 Å². The summed E-state index contributed by atoms with van der Waals surface area (Å²) in [6.07, 6.45) is 5.79. The SMILES string of the molecule is CCn1nccc1C(=O)N[C@H](C(=O)Nc1ccc(C2=C(C)NNN2C)c(F)n1)C(C1CC1)C1CC1. The van der Waals surface area contributed by atoms with Gasteiger partial charge in [-0.3, -0.25) is 19.3 Å². The molecule has 2 aliphatic carbocycles. The van der Waals surface area contributed by atoms with Crippen LogP contribution in [0.4, 0.5) is 10.2 Å². The van der Waals surface area contributed by atoms with Gasteiger partial charge in [-0.05, 0) is 75.5 Å². The Morgan fingerprint density at radius 3 is 2.49 bits per heavy atom. The van der Waals surface area contributed by atoms with E-state index in [-0.39, 0.29) is 23.6 Å². The maximum Gasteiger partial charge on any atom is 0.270 e. The molecular formula is C24H31FN8O2. The van der Waals surface area contributed by atoms with Gasteiger partial charge in [0.25, 0.3) is 5.91 Å². The minimum Gasteiger partial charge on any atom is -0.339 e. The van der Waals surface area contributed by atoms with Crippen LogP contribution in [0, 0.1) is 23.7 Å². The summed E-state index contributed by atoms with van der Waals surface area (Å²) < 4.78 is 16.6. The largest absolute Gasteiger partial charge is 0.339 e. The molecule has 0 bridgehead atoms. The number of aryl methyl sites for hydroxylation is 1. The van der Waals surface area contributed by atoms with Crippen molar-refractivity contribution in [2.45, 2.75) is 52.1 Å². The Hall–Kier alpha value is -3.47. The zero-order valence-corrected chi connectivity index (χ0v) is 20.1. The summed E-state index contributed by atoms with van der Waals surface area (Å²) in [6.45, 7) is 4.28. The van der Waals surface area contributed by atoms with E-state index >= 15 is 0 Å². The highest BCUT2D eigenvalue weighted by Gasteiger charge is 2.48. The second kappa shape index (κ2) is 9.29. The molecule has 0 unspecified atom stereocenters. The van der Waals surface area contributed by atoms with E-state index in [0.717, 1.165) is 31.4 Å². The van der Waals surface area contributed by atoms with E-state index in [1.807, 2.05) is 13.8 Å². The number of anilines is 1. The number of nitrogens with one attached hydrogen (secondary N) is 4. The van der Waals surface area contributed by atoms with Gasteiger partial charge < -0.3 is 16.1 Å². The van der Waals surface area contributed by atoms with Gasteiger partial charge in [0.05, 0.1) is 17.0 Å². The first-order chi connectivity index (χ1) is 16.9. The minimum absolute atomic E-state index is 0.0539. The van der Waals surface area contributed by atoms with Crippen molar-refractivity contribution in [3.05, 3.63) is 47.3 Å². The number of amides is 2. The number of carbonyl (C=O) groups is 2. The van der Waals surface area contributed by atoms with Crippen LogP contribution in [0.2, 0.25) is 0 Å². The molecule has 3 heterocycles. The van der Waals surface area contributed by atoms with Crippen molar-refractivity contribution in [3.8, 4) is 0 Å². The normalized spacial score (nSPS) is 18.6. The molecule has 2 saturated carbocycles. The summed E-state index contributed by atoms with van der Waals surface area (Å²) in [5.74, 6) is -0.414. The lowest BCUT2D eigenvalue weighted by atomic mass is 9.88. The van der Waals surface area contributed by atoms with Gasteiger partial charge >= 0.3 is 0 Å². The summed E-state index contributed by atoms with van der Waals surface area (Å²) >= 11 is 0. The van der Waals surface area contributed by atoms with E-state index in [1.54, 1.807) is 41.1 Å². The van der Waals surface area contributed by atoms with E-state index in [9.17, 15) is 14.0 Å². The molecule has 2 fully saturated rings. The van der Waals surface area contributed by atoms with Crippen molar-refractivity contribution in [3.63, 3.8) is 0 Å². The van der Waals surface area contributed by atoms with Crippen molar-refractivity contribution < 1.29 is 14.0 Å². The summed E-state index contributed by atoms with van der Waals surface area (Å²) in [6, 6.07) is 4.09. The predicted octanol–water partition coefficient (Wildman–Crippen LogP) is 2.25. The minimum atomic E-state index is -0.730. The van der Waals surface area contributed by atoms with Gasteiger partial charge in [0.1, 0.15) is 17.6 Å². The molecule has 186 valence electrons. The third-order valence-electron chi connectivity index (χ3n) is 6.99. The molecular weight excluding hydrogens is 451 g/mol. The Kier molecular flexibility index (Phi) is 6.18. The Balaban J connectivity index is 1.37. The Morgan fingerprint density at radius 1 is 1.20 bits per heavy atom. The lowest BCUT2D eigenvalue weighted by Gasteiger charge is -2.27. The molecule has 0 saturated heterocycles. The molecule has 11 heteroatoms. The second-order valence-electron chi connectivity index (χ2n) is 9.53. The molecule has 4 N–H and O–H groups in total. The summed E-state index contributed by atoms with van der Waals surface area (Å²) in [5, 5.41) is 11.6. The molecule has 10 nitrogen and oxygen atoms in total. The van der Waals surface area contributed by atoms with E-state index in [0.29, 0.717) is 35.3 Å². The van der Waals surface area contributed by atoms with Gasteiger partial charge in [-0.25, -0.2) is 4.98 Å². The zero-order chi connectivity index (χ0) is 24.7. The molecule has 2 aromatic rings. The molecule has 2 amide bonds. The Morgan fingerprint density at radius 2 is 1.91 bits per heavy atom. The van der Waals surface area contributed by atoms with E-state index < -0.39 is 12.0 Å². The number of halogens is 1. The summed E-state index contributed by atoms with van der Waals surface area (Å²) in [4.78, 5) is 30.6. The highest BCUT2D eigenvalue weighted by atomic mass is 19.1. The third-order valence-corrected chi connectivity index (χ3v) is 6.99. The van der Waals surface area contributed by atoms with Crippen LogP contribution in [0.1, 0.15) is 55.6 Å².